The summed E-state index contributed by atoms with van der Waals surface area (Å²) in [6, 6.07) is 1.68. The summed E-state index contributed by atoms with van der Waals surface area (Å²) in [6.45, 7) is 1.97. The minimum Gasteiger partial charge on any atom is -0.398 e. The van der Waals surface area contributed by atoms with E-state index in [0.29, 0.717) is 39.1 Å². The van der Waals surface area contributed by atoms with Crippen LogP contribution in [0.2, 0.25) is 0 Å². The summed E-state index contributed by atoms with van der Waals surface area (Å²) in [4.78, 5) is 13.9. The summed E-state index contributed by atoms with van der Waals surface area (Å²) in [6.07, 6.45) is 1.12. The van der Waals surface area contributed by atoms with Gasteiger partial charge in [-0.3, -0.25) is 4.79 Å². The van der Waals surface area contributed by atoms with Gasteiger partial charge in [0.15, 0.2) is 17.4 Å². The van der Waals surface area contributed by atoms with Crippen molar-refractivity contribution in [1.29, 1.82) is 0 Å². The predicted molar refractivity (Wildman–Crippen MR) is 70.5 cm³/mol. The summed E-state index contributed by atoms with van der Waals surface area (Å²) in [5.41, 5.74) is 5.53. The number of piperidine rings is 1. The molecule has 0 saturated carbocycles. The van der Waals surface area contributed by atoms with Gasteiger partial charge in [0.25, 0.3) is 5.91 Å². The van der Waals surface area contributed by atoms with E-state index in [9.17, 15) is 13.6 Å². The van der Waals surface area contributed by atoms with Gasteiger partial charge in [0.1, 0.15) is 0 Å². The van der Waals surface area contributed by atoms with E-state index in [2.05, 4.69) is 0 Å². The number of hydrogen-bond acceptors (Lipinski definition) is 4. The zero-order valence-electron chi connectivity index (χ0n) is 11.4. The maximum Gasteiger partial charge on any atom is 0.256 e. The molecule has 2 fully saturated rings. The lowest BCUT2D eigenvalue weighted by atomic mass is 10.0. The first-order chi connectivity index (χ1) is 10.0. The Kier molecular flexibility index (Phi) is 3.54. The van der Waals surface area contributed by atoms with E-state index < -0.39 is 23.3 Å². The topological polar surface area (TPSA) is 64.8 Å². The Labute approximate surface area is 120 Å². The largest absolute Gasteiger partial charge is 0.398 e. The van der Waals surface area contributed by atoms with Gasteiger partial charge in [0, 0.05) is 37.7 Å². The molecule has 0 unspecified atom stereocenters. The van der Waals surface area contributed by atoms with Crippen LogP contribution < -0.4 is 5.73 Å². The fraction of sp³-hybridized carbons (Fsp3) is 0.500. The number of benzene rings is 1. The van der Waals surface area contributed by atoms with Gasteiger partial charge in [-0.05, 0) is 6.07 Å². The molecule has 2 aliphatic rings. The molecule has 114 valence electrons. The van der Waals surface area contributed by atoms with Crippen LogP contribution in [0.1, 0.15) is 23.2 Å². The van der Waals surface area contributed by atoms with Gasteiger partial charge in [0.05, 0.1) is 18.8 Å². The first-order valence-corrected chi connectivity index (χ1v) is 6.82. The third kappa shape index (κ3) is 2.58. The number of hydrogen-bond donors (Lipinski definition) is 1. The quantitative estimate of drug-likeness (QED) is 0.799. The Bertz CT molecular complexity index is 564. The van der Waals surface area contributed by atoms with Crippen molar-refractivity contribution in [2.24, 2.45) is 0 Å². The maximum absolute atomic E-state index is 13.3. The van der Waals surface area contributed by atoms with Crippen LogP contribution in [0.15, 0.2) is 12.1 Å². The zero-order valence-corrected chi connectivity index (χ0v) is 11.4. The van der Waals surface area contributed by atoms with E-state index in [-0.39, 0.29) is 11.3 Å². The molecule has 1 aromatic rings. The standard InChI is InChI=1S/C14H16F2N2O3/c15-10-7-9(12(17)8-11(10)16)13(19)18-3-1-14(2-4-18)20-5-6-21-14/h7-8H,1-6,17H2. The van der Waals surface area contributed by atoms with Crippen LogP contribution in [-0.4, -0.2) is 42.9 Å². The van der Waals surface area contributed by atoms with Crippen LogP contribution in [0.25, 0.3) is 0 Å². The first-order valence-electron chi connectivity index (χ1n) is 6.82. The smallest absolute Gasteiger partial charge is 0.256 e. The third-order valence-corrected chi connectivity index (χ3v) is 3.95. The molecule has 0 aromatic heterocycles. The van der Waals surface area contributed by atoms with Crippen LogP contribution in [0, 0.1) is 11.6 Å². The Balaban J connectivity index is 1.73. The van der Waals surface area contributed by atoms with Crippen LogP contribution >= 0.6 is 0 Å². The second-order valence-corrected chi connectivity index (χ2v) is 5.25. The summed E-state index contributed by atoms with van der Waals surface area (Å²) in [7, 11) is 0. The number of ether oxygens (including phenoxy) is 2. The average molecular weight is 298 g/mol. The van der Waals surface area contributed by atoms with E-state index in [1.54, 1.807) is 4.90 Å². The van der Waals surface area contributed by atoms with Crippen molar-refractivity contribution in [2.45, 2.75) is 18.6 Å². The van der Waals surface area contributed by atoms with E-state index >= 15 is 0 Å². The Hall–Kier alpha value is -1.73. The molecule has 1 spiro atoms. The van der Waals surface area contributed by atoms with Gasteiger partial charge in [-0.1, -0.05) is 0 Å². The molecule has 1 aromatic carbocycles. The van der Waals surface area contributed by atoms with Crippen LogP contribution in [0.4, 0.5) is 14.5 Å². The van der Waals surface area contributed by atoms with Crippen LogP contribution in [0.5, 0.6) is 0 Å². The molecule has 5 nitrogen and oxygen atoms in total. The van der Waals surface area contributed by atoms with Crippen molar-refractivity contribution in [3.63, 3.8) is 0 Å². The number of nitrogen functional groups attached to an aromatic ring is 1. The molecule has 2 N–H and O–H groups in total. The molecule has 0 bridgehead atoms. The molecule has 2 heterocycles. The lowest BCUT2D eigenvalue weighted by Crippen LogP contribution is -2.47. The number of halogens is 2. The number of rotatable bonds is 1. The van der Waals surface area contributed by atoms with Gasteiger partial charge < -0.3 is 20.1 Å². The fourth-order valence-corrected chi connectivity index (χ4v) is 2.75. The number of nitrogens with two attached hydrogens (primary N) is 1. The highest BCUT2D eigenvalue weighted by molar-refractivity contribution is 5.99. The number of carbonyl (C=O) groups excluding carboxylic acids is 1. The second kappa shape index (κ2) is 5.23. The second-order valence-electron chi connectivity index (χ2n) is 5.25. The number of likely N-dealkylation sites (tertiary alicyclic amines) is 1. The molecule has 2 aliphatic heterocycles. The molecule has 3 rings (SSSR count). The molecule has 0 radical (unpaired) electrons. The van der Waals surface area contributed by atoms with Gasteiger partial charge in [-0.25, -0.2) is 8.78 Å². The van der Waals surface area contributed by atoms with Crippen LogP contribution in [0.3, 0.4) is 0 Å². The average Bonchev–Trinajstić information content (AvgIpc) is 2.91. The molecule has 2 saturated heterocycles. The van der Waals surface area contributed by atoms with Gasteiger partial charge in [0.2, 0.25) is 0 Å². The lowest BCUT2D eigenvalue weighted by Gasteiger charge is -2.37. The minimum atomic E-state index is -1.08. The van der Waals surface area contributed by atoms with E-state index in [1.807, 2.05) is 0 Å². The number of amides is 1. The van der Waals surface area contributed by atoms with Crippen molar-refractivity contribution in [3.8, 4) is 0 Å². The number of anilines is 1. The molecule has 1 amide bonds. The highest BCUT2D eigenvalue weighted by atomic mass is 19.2. The molecular formula is C14H16F2N2O3. The Morgan fingerprint density at radius 3 is 2.33 bits per heavy atom. The first kappa shape index (κ1) is 14.2. The normalized spacial score (nSPS) is 21.0. The lowest BCUT2D eigenvalue weighted by molar-refractivity contribution is -0.181. The third-order valence-electron chi connectivity index (χ3n) is 3.95. The summed E-state index contributed by atoms with van der Waals surface area (Å²) in [5.74, 6) is -3.13. The van der Waals surface area contributed by atoms with Crippen molar-refractivity contribution in [2.75, 3.05) is 32.0 Å². The van der Waals surface area contributed by atoms with Crippen molar-refractivity contribution >= 4 is 11.6 Å². The van der Waals surface area contributed by atoms with Gasteiger partial charge in [-0.2, -0.15) is 0 Å². The van der Waals surface area contributed by atoms with Crippen molar-refractivity contribution in [1.82, 2.24) is 4.90 Å². The molecule has 7 heteroatoms. The predicted octanol–water partition coefficient (Wildman–Crippen LogP) is 1.53. The molecule has 21 heavy (non-hydrogen) atoms. The van der Waals surface area contributed by atoms with E-state index in [0.717, 1.165) is 12.1 Å². The molecule has 0 aliphatic carbocycles. The van der Waals surface area contributed by atoms with E-state index in [4.69, 9.17) is 15.2 Å². The van der Waals surface area contributed by atoms with Crippen molar-refractivity contribution < 1.29 is 23.0 Å². The maximum atomic E-state index is 13.3. The Morgan fingerprint density at radius 1 is 1.14 bits per heavy atom. The van der Waals surface area contributed by atoms with Crippen LogP contribution in [-0.2, 0) is 9.47 Å². The zero-order chi connectivity index (χ0) is 15.0. The SMILES string of the molecule is Nc1cc(F)c(F)cc1C(=O)N1CCC2(CC1)OCCO2. The van der Waals surface area contributed by atoms with Crippen molar-refractivity contribution in [3.05, 3.63) is 29.3 Å². The summed E-state index contributed by atoms with van der Waals surface area (Å²) < 4.78 is 37.5. The molecular weight excluding hydrogens is 282 g/mol. The van der Waals surface area contributed by atoms with Gasteiger partial charge in [-0.15, -0.1) is 0 Å². The Morgan fingerprint density at radius 2 is 1.71 bits per heavy atom. The van der Waals surface area contributed by atoms with E-state index in [1.165, 1.54) is 0 Å². The highest BCUT2D eigenvalue weighted by Gasteiger charge is 2.41. The number of nitrogens with zero attached hydrogens (tertiary/aromatic N) is 1. The summed E-state index contributed by atoms with van der Waals surface area (Å²) in [5, 5.41) is 0. The monoisotopic (exact) mass is 298 g/mol. The molecule has 0 atom stereocenters. The minimum absolute atomic E-state index is 0.0156. The summed E-state index contributed by atoms with van der Waals surface area (Å²) >= 11 is 0. The highest BCUT2D eigenvalue weighted by Crippen LogP contribution is 2.32. The number of carbonyl (C=O) groups is 1. The van der Waals surface area contributed by atoms with Gasteiger partial charge >= 0.3 is 0 Å². The fourth-order valence-electron chi connectivity index (χ4n) is 2.75.